The number of benzene rings is 1. The van der Waals surface area contributed by atoms with Crippen LogP contribution in [-0.2, 0) is 14.9 Å². The minimum atomic E-state index is -0.415. The fraction of sp³-hybridized carbons (Fsp3) is 0.588. The van der Waals surface area contributed by atoms with Crippen molar-refractivity contribution < 1.29 is 9.53 Å². The molecule has 1 aromatic rings. The molecule has 0 bridgehead atoms. The second-order valence-corrected chi connectivity index (χ2v) is 5.72. The predicted molar refractivity (Wildman–Crippen MR) is 80.7 cm³/mol. The van der Waals surface area contributed by atoms with Crippen LogP contribution in [-0.4, -0.2) is 25.2 Å². The Labute approximate surface area is 121 Å². The zero-order chi connectivity index (χ0) is 14.4. The maximum atomic E-state index is 12.8. The van der Waals surface area contributed by atoms with E-state index in [9.17, 15) is 4.79 Å². The van der Waals surface area contributed by atoms with Crippen molar-refractivity contribution >= 4 is 5.91 Å². The highest BCUT2D eigenvalue weighted by Gasteiger charge is 2.41. The number of carbonyl (C=O) groups is 1. The molecule has 1 aliphatic rings. The summed E-state index contributed by atoms with van der Waals surface area (Å²) in [6.45, 7) is 5.54. The molecule has 0 spiro atoms. The van der Waals surface area contributed by atoms with E-state index in [-0.39, 0.29) is 11.9 Å². The van der Waals surface area contributed by atoms with Crippen LogP contribution in [0, 0.1) is 0 Å². The summed E-state index contributed by atoms with van der Waals surface area (Å²) < 4.78 is 5.47. The van der Waals surface area contributed by atoms with Crippen LogP contribution in [0.4, 0.5) is 0 Å². The van der Waals surface area contributed by atoms with Crippen molar-refractivity contribution in [3.63, 3.8) is 0 Å². The highest BCUT2D eigenvalue weighted by molar-refractivity contribution is 5.88. The van der Waals surface area contributed by atoms with E-state index in [0.717, 1.165) is 31.2 Å². The highest BCUT2D eigenvalue weighted by Crippen LogP contribution is 2.35. The van der Waals surface area contributed by atoms with Crippen LogP contribution in [0.15, 0.2) is 30.3 Å². The Morgan fingerprint density at radius 2 is 1.95 bits per heavy atom. The Balaban J connectivity index is 2.21. The van der Waals surface area contributed by atoms with Crippen LogP contribution in [0.5, 0.6) is 0 Å². The minimum absolute atomic E-state index is 0.160. The van der Waals surface area contributed by atoms with Gasteiger partial charge in [-0.25, -0.2) is 0 Å². The molecule has 20 heavy (non-hydrogen) atoms. The quantitative estimate of drug-likeness (QED) is 0.897. The lowest BCUT2D eigenvalue weighted by atomic mass is 9.73. The van der Waals surface area contributed by atoms with E-state index in [4.69, 9.17) is 4.74 Å². The molecule has 1 N–H and O–H groups in total. The van der Waals surface area contributed by atoms with Crippen molar-refractivity contribution in [2.75, 3.05) is 13.2 Å². The fourth-order valence-electron chi connectivity index (χ4n) is 2.99. The molecule has 1 saturated heterocycles. The molecule has 110 valence electrons. The molecule has 0 radical (unpaired) electrons. The van der Waals surface area contributed by atoms with Crippen LogP contribution in [0.1, 0.15) is 45.1 Å². The van der Waals surface area contributed by atoms with Gasteiger partial charge in [-0.15, -0.1) is 0 Å². The molecule has 1 aliphatic heterocycles. The van der Waals surface area contributed by atoms with Crippen molar-refractivity contribution in [2.24, 2.45) is 0 Å². The first-order valence-electron chi connectivity index (χ1n) is 7.63. The van der Waals surface area contributed by atoms with Gasteiger partial charge in [0, 0.05) is 19.3 Å². The molecule has 0 aliphatic carbocycles. The van der Waals surface area contributed by atoms with Gasteiger partial charge in [0.25, 0.3) is 0 Å². The third-order valence-corrected chi connectivity index (χ3v) is 4.21. The van der Waals surface area contributed by atoms with Gasteiger partial charge in [-0.05, 0) is 31.7 Å². The Morgan fingerprint density at radius 3 is 2.55 bits per heavy atom. The zero-order valence-electron chi connectivity index (χ0n) is 12.5. The van der Waals surface area contributed by atoms with Crippen LogP contribution >= 0.6 is 0 Å². The number of hydrogen-bond donors (Lipinski definition) is 1. The first-order valence-corrected chi connectivity index (χ1v) is 7.63. The third kappa shape index (κ3) is 3.21. The van der Waals surface area contributed by atoms with E-state index < -0.39 is 5.41 Å². The van der Waals surface area contributed by atoms with Crippen LogP contribution < -0.4 is 5.32 Å². The molecule has 1 aromatic carbocycles. The third-order valence-electron chi connectivity index (χ3n) is 4.21. The van der Waals surface area contributed by atoms with Gasteiger partial charge < -0.3 is 10.1 Å². The number of ether oxygens (including phenoxy) is 1. The summed E-state index contributed by atoms with van der Waals surface area (Å²) in [7, 11) is 0. The maximum absolute atomic E-state index is 12.8. The van der Waals surface area contributed by atoms with Crippen LogP contribution in [0.25, 0.3) is 0 Å². The average molecular weight is 275 g/mol. The van der Waals surface area contributed by atoms with Crippen molar-refractivity contribution in [1.82, 2.24) is 5.32 Å². The molecule has 1 atom stereocenters. The molecule has 3 nitrogen and oxygen atoms in total. The van der Waals surface area contributed by atoms with Crippen molar-refractivity contribution in [1.29, 1.82) is 0 Å². The van der Waals surface area contributed by atoms with E-state index in [1.54, 1.807) is 0 Å². The molecule has 2 rings (SSSR count). The molecule has 1 heterocycles. The van der Waals surface area contributed by atoms with Gasteiger partial charge in [0.1, 0.15) is 0 Å². The van der Waals surface area contributed by atoms with Gasteiger partial charge in [0.15, 0.2) is 0 Å². The van der Waals surface area contributed by atoms with E-state index in [2.05, 4.69) is 31.3 Å². The first-order chi connectivity index (χ1) is 9.69. The monoisotopic (exact) mass is 275 g/mol. The zero-order valence-corrected chi connectivity index (χ0v) is 12.5. The number of carbonyl (C=O) groups excluding carboxylic acids is 1. The number of hydrogen-bond acceptors (Lipinski definition) is 2. The largest absolute Gasteiger partial charge is 0.381 e. The number of amides is 1. The summed E-state index contributed by atoms with van der Waals surface area (Å²) in [5.74, 6) is 0.160. The van der Waals surface area contributed by atoms with Gasteiger partial charge in [0.2, 0.25) is 5.91 Å². The smallest absolute Gasteiger partial charge is 0.231 e. The normalized spacial score (nSPS) is 19.3. The fourth-order valence-corrected chi connectivity index (χ4v) is 2.99. The van der Waals surface area contributed by atoms with E-state index >= 15 is 0 Å². The van der Waals surface area contributed by atoms with Crippen molar-refractivity contribution in [3.8, 4) is 0 Å². The average Bonchev–Trinajstić information content (AvgIpc) is 2.49. The second kappa shape index (κ2) is 6.89. The van der Waals surface area contributed by atoms with Gasteiger partial charge in [-0.1, -0.05) is 43.7 Å². The topological polar surface area (TPSA) is 38.3 Å². The Hall–Kier alpha value is -1.35. The summed E-state index contributed by atoms with van der Waals surface area (Å²) in [4.78, 5) is 12.8. The Kier molecular flexibility index (Phi) is 5.18. The Morgan fingerprint density at radius 1 is 1.30 bits per heavy atom. The van der Waals surface area contributed by atoms with E-state index in [1.165, 1.54) is 0 Å². The first kappa shape index (κ1) is 15.0. The molecule has 3 heteroatoms. The lowest BCUT2D eigenvalue weighted by Gasteiger charge is -2.37. The van der Waals surface area contributed by atoms with E-state index in [1.807, 2.05) is 18.2 Å². The number of rotatable bonds is 5. The maximum Gasteiger partial charge on any atom is 0.231 e. The second-order valence-electron chi connectivity index (χ2n) is 5.72. The summed E-state index contributed by atoms with van der Waals surface area (Å²) in [6, 6.07) is 10.4. The highest BCUT2D eigenvalue weighted by atomic mass is 16.5. The molecular formula is C17H25NO2. The Bertz CT molecular complexity index is 424. The van der Waals surface area contributed by atoms with Crippen LogP contribution in [0.3, 0.4) is 0 Å². The van der Waals surface area contributed by atoms with Crippen molar-refractivity contribution in [3.05, 3.63) is 35.9 Å². The molecule has 0 aromatic heterocycles. The molecule has 1 unspecified atom stereocenters. The number of nitrogens with one attached hydrogen (secondary N) is 1. The molecule has 1 amide bonds. The van der Waals surface area contributed by atoms with Gasteiger partial charge in [-0.3, -0.25) is 4.79 Å². The summed E-state index contributed by atoms with van der Waals surface area (Å²) in [5.41, 5.74) is 0.700. The molecule has 1 fully saturated rings. The molecule has 0 saturated carbocycles. The van der Waals surface area contributed by atoms with Crippen molar-refractivity contribution in [2.45, 2.75) is 51.0 Å². The van der Waals surface area contributed by atoms with Gasteiger partial charge in [0.05, 0.1) is 5.41 Å². The SMILES string of the molecule is CCCC(C)NC(=O)C1(c2ccccc2)CCOCC1. The van der Waals surface area contributed by atoms with Gasteiger partial charge in [-0.2, -0.15) is 0 Å². The minimum Gasteiger partial charge on any atom is -0.381 e. The molecular weight excluding hydrogens is 250 g/mol. The van der Waals surface area contributed by atoms with E-state index in [0.29, 0.717) is 13.2 Å². The standard InChI is InChI=1S/C17H25NO2/c1-3-7-14(2)18-16(19)17(10-12-20-13-11-17)15-8-5-4-6-9-15/h4-6,8-9,14H,3,7,10-13H2,1-2H3,(H,18,19). The lowest BCUT2D eigenvalue weighted by molar-refractivity contribution is -0.131. The van der Waals surface area contributed by atoms with Gasteiger partial charge >= 0.3 is 0 Å². The summed E-state index contributed by atoms with van der Waals surface area (Å²) in [5, 5.41) is 3.20. The summed E-state index contributed by atoms with van der Waals surface area (Å²) in [6.07, 6.45) is 3.64. The van der Waals surface area contributed by atoms with Crippen LogP contribution in [0.2, 0.25) is 0 Å². The summed E-state index contributed by atoms with van der Waals surface area (Å²) >= 11 is 0. The lowest BCUT2D eigenvalue weighted by Crippen LogP contribution is -2.50. The predicted octanol–water partition coefficient (Wildman–Crippen LogP) is 3.04.